The summed E-state index contributed by atoms with van der Waals surface area (Å²) in [5.41, 5.74) is 5.20. The summed E-state index contributed by atoms with van der Waals surface area (Å²) in [6.45, 7) is 7.35. The summed E-state index contributed by atoms with van der Waals surface area (Å²) < 4.78 is 24.9. The molecule has 1 aromatic heterocycles. The topological polar surface area (TPSA) is 143 Å². The number of ether oxygens (including phenoxy) is 2. The Balaban J connectivity index is 0.815. The number of hydrogen-bond donors (Lipinski definition) is 2. The largest absolute Gasteiger partial charge is 0.496 e. The van der Waals surface area contributed by atoms with Crippen LogP contribution in [0.5, 0.6) is 11.5 Å². The first-order valence-corrected chi connectivity index (χ1v) is 23.6. The smallest absolute Gasteiger partial charge is 0.255 e. The van der Waals surface area contributed by atoms with Crippen molar-refractivity contribution in [2.45, 2.75) is 82.8 Å². The third-order valence-electron chi connectivity index (χ3n) is 11.6. The maximum Gasteiger partial charge on any atom is 0.255 e. The number of carbonyl (C=O) groups is 3. The normalized spacial score (nSPS) is 17.3. The second kappa shape index (κ2) is 19.1. The van der Waals surface area contributed by atoms with Crippen LogP contribution in [0.3, 0.4) is 0 Å². The summed E-state index contributed by atoms with van der Waals surface area (Å²) in [4.78, 5) is 50.4. The highest BCUT2D eigenvalue weighted by Gasteiger charge is 2.40. The standard InChI is InChI=1S/C45H54ClN6O6P/c1-57-40-27-33(16-15-30(40)26-42-48-28-36(46)37(49-42)25-31-11-6-7-14-41(31)59(2,3)56)51-22-19-32(20-23-51)47-21-8-4-5-9-24-58-39-13-10-12-34-35(39)29-52(45(34)55)38-17-18-43(53)50-44(38)54/h6-7,10-16,27-28,32,38,47H,4-5,8-9,17-26,29H2,1-3H3,(H,50,53,54). The van der Waals surface area contributed by atoms with Crippen molar-refractivity contribution in [3.8, 4) is 11.5 Å². The Labute approximate surface area is 351 Å². The van der Waals surface area contributed by atoms with Crippen LogP contribution in [-0.2, 0) is 33.5 Å². The average Bonchev–Trinajstić information content (AvgIpc) is 3.56. The Bertz CT molecular complexity index is 2220. The van der Waals surface area contributed by atoms with E-state index in [9.17, 15) is 18.9 Å². The summed E-state index contributed by atoms with van der Waals surface area (Å²) in [7, 11) is -0.769. The minimum atomic E-state index is -2.47. The van der Waals surface area contributed by atoms with Crippen LogP contribution in [0, 0.1) is 0 Å². The van der Waals surface area contributed by atoms with Crippen molar-refractivity contribution in [2.24, 2.45) is 0 Å². The fourth-order valence-corrected chi connectivity index (χ4v) is 9.82. The first-order chi connectivity index (χ1) is 28.5. The van der Waals surface area contributed by atoms with Gasteiger partial charge in [0.25, 0.3) is 5.91 Å². The van der Waals surface area contributed by atoms with Gasteiger partial charge in [-0.3, -0.25) is 19.7 Å². The van der Waals surface area contributed by atoms with Gasteiger partial charge >= 0.3 is 0 Å². The van der Waals surface area contributed by atoms with Gasteiger partial charge in [-0.05, 0) is 75.7 Å². The van der Waals surface area contributed by atoms with Crippen LogP contribution < -0.4 is 30.3 Å². The summed E-state index contributed by atoms with van der Waals surface area (Å²) in [6, 6.07) is 19.5. The highest BCUT2D eigenvalue weighted by Crippen LogP contribution is 2.37. The number of anilines is 1. The minimum absolute atomic E-state index is 0.188. The molecular weight excluding hydrogens is 787 g/mol. The van der Waals surface area contributed by atoms with Crippen LogP contribution in [0.2, 0.25) is 5.02 Å². The fourth-order valence-electron chi connectivity index (χ4n) is 8.37. The van der Waals surface area contributed by atoms with Gasteiger partial charge in [0.05, 0.1) is 31.0 Å². The van der Waals surface area contributed by atoms with Crippen LogP contribution in [0.25, 0.3) is 0 Å². The molecule has 14 heteroatoms. The Morgan fingerprint density at radius 2 is 1.71 bits per heavy atom. The highest BCUT2D eigenvalue weighted by molar-refractivity contribution is 7.70. The van der Waals surface area contributed by atoms with Gasteiger partial charge in [-0.1, -0.05) is 60.8 Å². The van der Waals surface area contributed by atoms with E-state index in [4.69, 9.17) is 26.1 Å². The molecule has 2 fully saturated rings. The Morgan fingerprint density at radius 3 is 2.49 bits per heavy atom. The number of fused-ring (bicyclic) bond motifs is 1. The Morgan fingerprint density at radius 1 is 0.915 bits per heavy atom. The first-order valence-electron chi connectivity index (χ1n) is 20.7. The van der Waals surface area contributed by atoms with Crippen molar-refractivity contribution < 1.29 is 28.4 Å². The maximum atomic E-state index is 13.1. The van der Waals surface area contributed by atoms with Gasteiger partial charge in [0, 0.05) is 78.3 Å². The lowest BCUT2D eigenvalue weighted by molar-refractivity contribution is -0.136. The molecule has 0 bridgehead atoms. The summed E-state index contributed by atoms with van der Waals surface area (Å²) >= 11 is 6.55. The molecule has 0 radical (unpaired) electrons. The number of nitrogens with one attached hydrogen (secondary N) is 2. The van der Waals surface area contributed by atoms with E-state index in [1.54, 1.807) is 37.6 Å². The molecule has 1 atom stereocenters. The van der Waals surface area contributed by atoms with Gasteiger partial charge in [0.15, 0.2) is 0 Å². The molecule has 12 nitrogen and oxygen atoms in total. The van der Waals surface area contributed by atoms with E-state index in [0.717, 1.165) is 91.6 Å². The molecule has 2 saturated heterocycles. The summed E-state index contributed by atoms with van der Waals surface area (Å²) in [5.74, 6) is 1.26. The SMILES string of the molecule is COc1cc(N2CCC(NCCCCCCOc3cccc4c3CN(C3CCC(=O)NC3=O)C4=O)CC2)ccc1Cc1ncc(Cl)c(Cc2ccccc2P(C)(C)=O)n1. The van der Waals surface area contributed by atoms with Gasteiger partial charge in [0.2, 0.25) is 11.8 Å². The third-order valence-corrected chi connectivity index (χ3v) is 13.5. The first kappa shape index (κ1) is 42.4. The maximum absolute atomic E-state index is 13.1. The Kier molecular flexibility index (Phi) is 13.7. The zero-order valence-corrected chi connectivity index (χ0v) is 35.8. The number of nitrogens with zero attached hydrogens (tertiary/aromatic N) is 4. The second-order valence-corrected chi connectivity index (χ2v) is 19.7. The molecule has 59 heavy (non-hydrogen) atoms. The lowest BCUT2D eigenvalue weighted by Crippen LogP contribution is -2.52. The van der Waals surface area contributed by atoms with E-state index in [-0.39, 0.29) is 18.2 Å². The van der Waals surface area contributed by atoms with E-state index in [1.807, 2.05) is 36.4 Å². The van der Waals surface area contributed by atoms with E-state index >= 15 is 0 Å². The molecule has 2 N–H and O–H groups in total. The van der Waals surface area contributed by atoms with Gasteiger partial charge < -0.3 is 29.2 Å². The molecule has 0 saturated carbocycles. The number of halogens is 1. The number of aromatic nitrogens is 2. The van der Waals surface area contributed by atoms with Crippen LogP contribution in [-0.4, -0.2) is 91.4 Å². The molecule has 0 spiro atoms. The highest BCUT2D eigenvalue weighted by atomic mass is 35.5. The summed E-state index contributed by atoms with van der Waals surface area (Å²) in [6.07, 6.45) is 9.51. The van der Waals surface area contributed by atoms with Crippen molar-refractivity contribution in [2.75, 3.05) is 51.6 Å². The third kappa shape index (κ3) is 10.3. The van der Waals surface area contributed by atoms with Gasteiger partial charge in [-0.15, -0.1) is 0 Å². The molecule has 312 valence electrons. The van der Waals surface area contributed by atoms with Crippen LogP contribution >= 0.6 is 18.7 Å². The van der Waals surface area contributed by atoms with Gasteiger partial charge in [0.1, 0.15) is 30.5 Å². The number of piperidine rings is 2. The zero-order chi connectivity index (χ0) is 41.5. The van der Waals surface area contributed by atoms with Crippen molar-refractivity contribution in [3.05, 3.63) is 106 Å². The second-order valence-electron chi connectivity index (χ2n) is 16.1. The van der Waals surface area contributed by atoms with Crippen molar-refractivity contribution in [1.82, 2.24) is 25.5 Å². The summed E-state index contributed by atoms with van der Waals surface area (Å²) in [5, 5.41) is 7.46. The van der Waals surface area contributed by atoms with Crippen LogP contribution in [0.1, 0.15) is 89.9 Å². The van der Waals surface area contributed by atoms with Crippen LogP contribution in [0.15, 0.2) is 66.9 Å². The van der Waals surface area contributed by atoms with E-state index in [1.165, 1.54) is 0 Å². The number of rotatable bonds is 17. The molecule has 4 aromatic rings. The Hall–Kier alpha value is -4.77. The lowest BCUT2D eigenvalue weighted by atomic mass is 10.0. The van der Waals surface area contributed by atoms with Crippen molar-refractivity contribution in [1.29, 1.82) is 0 Å². The van der Waals surface area contributed by atoms with Crippen LogP contribution in [0.4, 0.5) is 5.69 Å². The fraction of sp³-hybridized carbons (Fsp3) is 0.444. The van der Waals surface area contributed by atoms with E-state index in [0.29, 0.717) is 66.3 Å². The predicted molar refractivity (Wildman–Crippen MR) is 231 cm³/mol. The molecule has 3 amide bonds. The molecule has 3 aliphatic rings. The van der Waals surface area contributed by atoms with Crippen molar-refractivity contribution in [3.63, 3.8) is 0 Å². The van der Waals surface area contributed by atoms with Gasteiger partial charge in [-0.25, -0.2) is 9.97 Å². The molecule has 7 rings (SSSR count). The quantitative estimate of drug-likeness (QED) is 0.0685. The predicted octanol–water partition coefficient (Wildman–Crippen LogP) is 6.53. The molecule has 0 aliphatic carbocycles. The average molecular weight is 841 g/mol. The number of benzene rings is 3. The number of carbonyl (C=O) groups excluding carboxylic acids is 3. The lowest BCUT2D eigenvalue weighted by Gasteiger charge is -2.34. The molecular formula is C45H54ClN6O6P. The van der Waals surface area contributed by atoms with E-state index < -0.39 is 19.1 Å². The number of unbranched alkanes of at least 4 members (excludes halogenated alkanes) is 3. The van der Waals surface area contributed by atoms with Gasteiger partial charge in [-0.2, -0.15) is 0 Å². The minimum Gasteiger partial charge on any atom is -0.496 e. The number of hydrogen-bond acceptors (Lipinski definition) is 10. The van der Waals surface area contributed by atoms with E-state index in [2.05, 4.69) is 38.7 Å². The zero-order valence-electron chi connectivity index (χ0n) is 34.2. The number of amides is 3. The number of imide groups is 1. The monoisotopic (exact) mass is 840 g/mol. The molecule has 3 aliphatic heterocycles. The molecule has 3 aromatic carbocycles. The van der Waals surface area contributed by atoms with Crippen molar-refractivity contribution >= 4 is 47.5 Å². The molecule has 1 unspecified atom stereocenters. The molecule has 4 heterocycles. The number of methoxy groups -OCH3 is 1.